The number of benzene rings is 2. The minimum atomic E-state index is -2.92. The Labute approximate surface area is 169 Å². The second kappa shape index (κ2) is 8.58. The summed E-state index contributed by atoms with van der Waals surface area (Å²) in [6, 6.07) is 12.3. The number of hydrogen-bond donors (Lipinski definition) is 1. The van der Waals surface area contributed by atoms with E-state index in [0.717, 1.165) is 11.3 Å². The normalized spacial score (nSPS) is 10.9. The lowest BCUT2D eigenvalue weighted by atomic mass is 10.2. The second-order valence-corrected chi connectivity index (χ2v) is 6.70. The second-order valence-electron chi connectivity index (χ2n) is 5.89. The van der Waals surface area contributed by atoms with Crippen molar-refractivity contribution in [1.29, 1.82) is 0 Å². The molecule has 2 aromatic carbocycles. The Kier molecular flexibility index (Phi) is 6.16. The number of alkyl halides is 2. The SMILES string of the molecule is Cc1cc(NC(=O)c2ccc(OC(F)F)cc2)nn1Cc1c(Cl)cccc1Cl. The minimum absolute atomic E-state index is 0.0247. The number of carbonyl (C=O) groups excluding carboxylic acids is 1. The van der Waals surface area contributed by atoms with E-state index in [1.54, 1.807) is 28.9 Å². The van der Waals surface area contributed by atoms with Crippen LogP contribution >= 0.6 is 23.2 Å². The summed E-state index contributed by atoms with van der Waals surface area (Å²) in [5, 5.41) is 8.08. The Balaban J connectivity index is 1.72. The van der Waals surface area contributed by atoms with Gasteiger partial charge in [0.05, 0.1) is 6.54 Å². The van der Waals surface area contributed by atoms with Crippen LogP contribution in [-0.4, -0.2) is 22.3 Å². The molecule has 1 heterocycles. The summed E-state index contributed by atoms with van der Waals surface area (Å²) in [4.78, 5) is 12.3. The maximum Gasteiger partial charge on any atom is 0.387 e. The molecule has 0 spiro atoms. The molecule has 3 aromatic rings. The molecule has 0 aliphatic carbocycles. The quantitative estimate of drug-likeness (QED) is 0.574. The number of aromatic nitrogens is 2. The zero-order chi connectivity index (χ0) is 20.3. The summed E-state index contributed by atoms with van der Waals surface area (Å²) in [5.74, 6) is -0.106. The first kappa shape index (κ1) is 20.1. The number of hydrogen-bond acceptors (Lipinski definition) is 3. The summed E-state index contributed by atoms with van der Waals surface area (Å²) in [6.45, 7) is -0.734. The molecule has 0 bridgehead atoms. The van der Waals surface area contributed by atoms with Crippen LogP contribution in [-0.2, 0) is 6.54 Å². The van der Waals surface area contributed by atoms with Gasteiger partial charge in [-0.3, -0.25) is 9.48 Å². The molecule has 0 radical (unpaired) electrons. The molecule has 0 saturated carbocycles. The van der Waals surface area contributed by atoms with Gasteiger partial charge in [-0.1, -0.05) is 29.3 Å². The fraction of sp³-hybridized carbons (Fsp3) is 0.158. The van der Waals surface area contributed by atoms with E-state index in [1.165, 1.54) is 24.3 Å². The lowest BCUT2D eigenvalue weighted by Gasteiger charge is -2.08. The topological polar surface area (TPSA) is 56.1 Å². The average Bonchev–Trinajstić information content (AvgIpc) is 2.97. The summed E-state index contributed by atoms with van der Waals surface area (Å²) >= 11 is 12.4. The standard InChI is InChI=1S/C19H15Cl2F2N3O2/c1-11-9-17(25-26(11)10-14-15(20)3-2-4-16(14)21)24-18(27)12-5-7-13(8-6-12)28-19(22)23/h2-9,19H,10H2,1H3,(H,24,25,27). The fourth-order valence-corrected chi connectivity index (χ4v) is 3.06. The number of carbonyl (C=O) groups is 1. The molecule has 1 N–H and O–H groups in total. The number of ether oxygens (including phenoxy) is 1. The first-order valence-electron chi connectivity index (χ1n) is 8.17. The lowest BCUT2D eigenvalue weighted by molar-refractivity contribution is -0.0498. The van der Waals surface area contributed by atoms with Gasteiger partial charge in [0.25, 0.3) is 5.91 Å². The molecule has 1 amide bonds. The highest BCUT2D eigenvalue weighted by atomic mass is 35.5. The van der Waals surface area contributed by atoms with E-state index in [4.69, 9.17) is 23.2 Å². The molecule has 0 atom stereocenters. The minimum Gasteiger partial charge on any atom is -0.435 e. The smallest absolute Gasteiger partial charge is 0.387 e. The van der Waals surface area contributed by atoms with Crippen molar-refractivity contribution >= 4 is 34.9 Å². The molecule has 146 valence electrons. The van der Waals surface area contributed by atoms with Crippen LogP contribution in [0.2, 0.25) is 10.0 Å². The van der Waals surface area contributed by atoms with Gasteiger partial charge in [0.15, 0.2) is 5.82 Å². The van der Waals surface area contributed by atoms with Gasteiger partial charge in [-0.2, -0.15) is 13.9 Å². The predicted octanol–water partition coefficient (Wildman–Crippen LogP) is 5.40. The molecule has 9 heteroatoms. The Morgan fingerprint density at radius 2 is 1.82 bits per heavy atom. The average molecular weight is 426 g/mol. The maximum absolute atomic E-state index is 12.3. The number of amides is 1. The third-order valence-corrected chi connectivity index (χ3v) is 4.64. The van der Waals surface area contributed by atoms with Crippen molar-refractivity contribution in [2.45, 2.75) is 20.1 Å². The van der Waals surface area contributed by atoms with Gasteiger partial charge in [0.2, 0.25) is 0 Å². The van der Waals surface area contributed by atoms with Crippen molar-refractivity contribution in [3.05, 3.63) is 75.4 Å². The summed E-state index contributed by atoms with van der Waals surface area (Å²) in [5.41, 5.74) is 1.81. The summed E-state index contributed by atoms with van der Waals surface area (Å²) in [6.07, 6.45) is 0. The van der Waals surface area contributed by atoms with Crippen molar-refractivity contribution in [2.75, 3.05) is 5.32 Å². The molecule has 3 rings (SSSR count). The third-order valence-electron chi connectivity index (χ3n) is 3.93. The van der Waals surface area contributed by atoms with Crippen molar-refractivity contribution < 1.29 is 18.3 Å². The zero-order valence-electron chi connectivity index (χ0n) is 14.6. The fourth-order valence-electron chi connectivity index (χ4n) is 2.54. The maximum atomic E-state index is 12.3. The van der Waals surface area contributed by atoms with Crippen LogP contribution < -0.4 is 10.1 Å². The van der Waals surface area contributed by atoms with E-state index in [-0.39, 0.29) is 11.3 Å². The highest BCUT2D eigenvalue weighted by Crippen LogP contribution is 2.26. The molecule has 0 saturated heterocycles. The molecule has 0 aliphatic rings. The van der Waals surface area contributed by atoms with Crippen molar-refractivity contribution in [1.82, 2.24) is 9.78 Å². The van der Waals surface area contributed by atoms with E-state index in [2.05, 4.69) is 15.2 Å². The van der Waals surface area contributed by atoms with Crippen LogP contribution in [0.4, 0.5) is 14.6 Å². The van der Waals surface area contributed by atoms with Crippen LogP contribution in [0.1, 0.15) is 21.6 Å². The van der Waals surface area contributed by atoms with E-state index in [0.29, 0.717) is 22.4 Å². The highest BCUT2D eigenvalue weighted by Gasteiger charge is 2.13. The van der Waals surface area contributed by atoms with Gasteiger partial charge in [0, 0.05) is 32.9 Å². The number of nitrogens with one attached hydrogen (secondary N) is 1. The molecule has 1 aromatic heterocycles. The van der Waals surface area contributed by atoms with Gasteiger partial charge < -0.3 is 10.1 Å². The van der Waals surface area contributed by atoms with Crippen molar-refractivity contribution in [2.24, 2.45) is 0 Å². The predicted molar refractivity (Wildman–Crippen MR) is 104 cm³/mol. The number of anilines is 1. The van der Waals surface area contributed by atoms with Gasteiger partial charge in [-0.25, -0.2) is 0 Å². The molecule has 28 heavy (non-hydrogen) atoms. The molecular weight excluding hydrogens is 411 g/mol. The molecule has 0 aliphatic heterocycles. The van der Waals surface area contributed by atoms with E-state index in [9.17, 15) is 13.6 Å². The van der Waals surface area contributed by atoms with Gasteiger partial charge in [-0.15, -0.1) is 0 Å². The van der Waals surface area contributed by atoms with Crippen LogP contribution in [0.3, 0.4) is 0 Å². The van der Waals surface area contributed by atoms with Gasteiger partial charge >= 0.3 is 6.61 Å². The lowest BCUT2D eigenvalue weighted by Crippen LogP contribution is -2.13. The molecule has 5 nitrogen and oxygen atoms in total. The summed E-state index contributed by atoms with van der Waals surface area (Å²) < 4.78 is 30.3. The van der Waals surface area contributed by atoms with E-state index >= 15 is 0 Å². The largest absolute Gasteiger partial charge is 0.435 e. The Bertz CT molecular complexity index is 971. The van der Waals surface area contributed by atoms with Gasteiger partial charge in [-0.05, 0) is 43.3 Å². The number of nitrogens with zero attached hydrogens (tertiary/aromatic N) is 2. The van der Waals surface area contributed by atoms with Crippen LogP contribution in [0.15, 0.2) is 48.5 Å². The summed E-state index contributed by atoms with van der Waals surface area (Å²) in [7, 11) is 0. The number of rotatable bonds is 6. The first-order chi connectivity index (χ1) is 13.3. The zero-order valence-corrected chi connectivity index (χ0v) is 16.1. The first-order valence-corrected chi connectivity index (χ1v) is 8.92. The molecule has 0 fully saturated rings. The van der Waals surface area contributed by atoms with Crippen LogP contribution in [0.25, 0.3) is 0 Å². The molecule has 0 unspecified atom stereocenters. The van der Waals surface area contributed by atoms with Crippen LogP contribution in [0, 0.1) is 6.92 Å². The number of halogens is 4. The third kappa shape index (κ3) is 4.79. The van der Waals surface area contributed by atoms with E-state index in [1.807, 2.05) is 6.92 Å². The Hall–Kier alpha value is -2.64. The molecular formula is C19H15Cl2F2N3O2. The monoisotopic (exact) mass is 425 g/mol. The van der Waals surface area contributed by atoms with Gasteiger partial charge in [0.1, 0.15) is 5.75 Å². The van der Waals surface area contributed by atoms with Crippen molar-refractivity contribution in [3.8, 4) is 5.75 Å². The Morgan fingerprint density at radius 1 is 1.18 bits per heavy atom. The van der Waals surface area contributed by atoms with E-state index < -0.39 is 12.5 Å². The highest BCUT2D eigenvalue weighted by molar-refractivity contribution is 6.35. The number of aryl methyl sites for hydroxylation is 1. The van der Waals surface area contributed by atoms with Crippen LogP contribution in [0.5, 0.6) is 5.75 Å². The van der Waals surface area contributed by atoms with Crippen molar-refractivity contribution in [3.63, 3.8) is 0 Å². The Morgan fingerprint density at radius 3 is 2.43 bits per heavy atom.